The molecule has 0 fully saturated rings. The molecule has 4 heteroatoms. The van der Waals surface area contributed by atoms with Gasteiger partial charge in [0.25, 0.3) is 0 Å². The lowest BCUT2D eigenvalue weighted by Crippen LogP contribution is -2.06. The van der Waals surface area contributed by atoms with Gasteiger partial charge in [-0.1, -0.05) is 6.08 Å². The quantitative estimate of drug-likeness (QED) is 0.752. The van der Waals surface area contributed by atoms with Crippen molar-refractivity contribution in [3.05, 3.63) is 35.4 Å². The third-order valence-corrected chi connectivity index (χ3v) is 2.88. The van der Waals surface area contributed by atoms with Crippen molar-refractivity contribution in [2.45, 2.75) is 25.4 Å². The highest BCUT2D eigenvalue weighted by molar-refractivity contribution is 5.69. The van der Waals surface area contributed by atoms with E-state index >= 15 is 0 Å². The van der Waals surface area contributed by atoms with E-state index in [0.717, 1.165) is 30.9 Å². The number of halogens is 3. The Bertz CT molecular complexity index is 446. The van der Waals surface area contributed by atoms with Crippen LogP contribution in [0.3, 0.4) is 0 Å². The Kier molecular flexibility index (Phi) is 3.13. The Morgan fingerprint density at radius 2 is 1.94 bits per heavy atom. The molecule has 0 radical (unpaired) electrons. The van der Waals surface area contributed by atoms with E-state index in [2.05, 4.69) is 0 Å². The Balaban J connectivity index is 2.45. The molecule has 0 saturated heterocycles. The van der Waals surface area contributed by atoms with Crippen molar-refractivity contribution < 1.29 is 17.9 Å². The summed E-state index contributed by atoms with van der Waals surface area (Å²) in [7, 11) is 1.38. The molecule has 0 aromatic heterocycles. The second-order valence-electron chi connectivity index (χ2n) is 4.07. The van der Waals surface area contributed by atoms with Crippen LogP contribution in [-0.2, 0) is 6.18 Å². The molecule has 0 atom stereocenters. The van der Waals surface area contributed by atoms with E-state index in [9.17, 15) is 13.2 Å². The highest BCUT2D eigenvalue weighted by atomic mass is 19.4. The molecule has 2 rings (SSSR count). The van der Waals surface area contributed by atoms with E-state index in [1.165, 1.54) is 13.2 Å². The van der Waals surface area contributed by atoms with Crippen LogP contribution in [0, 0.1) is 0 Å². The van der Waals surface area contributed by atoms with Crippen LogP contribution in [0.15, 0.2) is 24.3 Å². The largest absolute Gasteiger partial charge is 0.497 e. The number of rotatable bonds is 2. The molecule has 0 saturated carbocycles. The summed E-state index contributed by atoms with van der Waals surface area (Å²) in [4.78, 5) is 0. The maximum absolute atomic E-state index is 12.7. The number of alkyl halides is 3. The molecular weight excluding hydrogens is 229 g/mol. The van der Waals surface area contributed by atoms with Crippen LogP contribution in [0.2, 0.25) is 0 Å². The first-order valence-electron chi connectivity index (χ1n) is 5.46. The first-order valence-corrected chi connectivity index (χ1v) is 5.46. The van der Waals surface area contributed by atoms with Crippen LogP contribution in [0.25, 0.3) is 5.57 Å². The van der Waals surface area contributed by atoms with Crippen molar-refractivity contribution in [3.8, 4) is 5.75 Å². The fourth-order valence-electron chi connectivity index (χ4n) is 2.00. The summed E-state index contributed by atoms with van der Waals surface area (Å²) in [6.45, 7) is 0. The van der Waals surface area contributed by atoms with Crippen molar-refractivity contribution in [2.75, 3.05) is 7.11 Å². The molecule has 0 bridgehead atoms. The molecule has 1 aromatic rings. The monoisotopic (exact) mass is 242 g/mol. The van der Waals surface area contributed by atoms with Gasteiger partial charge < -0.3 is 4.74 Å². The minimum absolute atomic E-state index is 0.252. The van der Waals surface area contributed by atoms with Crippen LogP contribution >= 0.6 is 0 Å². The number of benzene rings is 1. The van der Waals surface area contributed by atoms with Gasteiger partial charge >= 0.3 is 6.18 Å². The van der Waals surface area contributed by atoms with E-state index in [0.29, 0.717) is 5.56 Å². The summed E-state index contributed by atoms with van der Waals surface area (Å²) in [5.74, 6) is 0.252. The Morgan fingerprint density at radius 3 is 2.47 bits per heavy atom. The normalized spacial score (nSPS) is 15.9. The molecule has 0 N–H and O–H groups in total. The highest BCUT2D eigenvalue weighted by Gasteiger charge is 2.31. The van der Waals surface area contributed by atoms with Crippen molar-refractivity contribution in [1.29, 1.82) is 0 Å². The maximum Gasteiger partial charge on any atom is 0.416 e. The summed E-state index contributed by atoms with van der Waals surface area (Å²) in [5.41, 5.74) is 0.947. The average molecular weight is 242 g/mol. The van der Waals surface area contributed by atoms with Gasteiger partial charge in [0.2, 0.25) is 0 Å². The van der Waals surface area contributed by atoms with Gasteiger partial charge in [0, 0.05) is 0 Å². The predicted octanol–water partition coefficient (Wildman–Crippen LogP) is 4.28. The van der Waals surface area contributed by atoms with Gasteiger partial charge in [0.1, 0.15) is 5.75 Å². The molecule has 1 aliphatic rings. The first kappa shape index (κ1) is 12.0. The fourth-order valence-corrected chi connectivity index (χ4v) is 2.00. The van der Waals surface area contributed by atoms with E-state index in [1.807, 2.05) is 6.08 Å². The molecule has 0 aliphatic heterocycles. The molecule has 0 heterocycles. The molecule has 1 aliphatic carbocycles. The molecule has 17 heavy (non-hydrogen) atoms. The summed E-state index contributed by atoms with van der Waals surface area (Å²) in [5, 5.41) is 0. The van der Waals surface area contributed by atoms with Gasteiger partial charge in [0.05, 0.1) is 12.7 Å². The minimum Gasteiger partial charge on any atom is -0.497 e. The zero-order valence-electron chi connectivity index (χ0n) is 9.47. The van der Waals surface area contributed by atoms with Gasteiger partial charge in [-0.15, -0.1) is 0 Å². The lowest BCUT2D eigenvalue weighted by atomic mass is 10.0. The molecule has 92 valence electrons. The zero-order chi connectivity index (χ0) is 12.5. The minimum atomic E-state index is -4.33. The lowest BCUT2D eigenvalue weighted by molar-refractivity contribution is -0.137. The van der Waals surface area contributed by atoms with Crippen molar-refractivity contribution in [1.82, 2.24) is 0 Å². The lowest BCUT2D eigenvalue weighted by Gasteiger charge is -2.12. The number of methoxy groups -OCH3 is 1. The van der Waals surface area contributed by atoms with Crippen molar-refractivity contribution >= 4 is 5.57 Å². The van der Waals surface area contributed by atoms with E-state index < -0.39 is 11.7 Å². The summed E-state index contributed by atoms with van der Waals surface area (Å²) in [6.07, 6.45) is 0.448. The smallest absolute Gasteiger partial charge is 0.416 e. The van der Waals surface area contributed by atoms with Crippen molar-refractivity contribution in [3.63, 3.8) is 0 Å². The van der Waals surface area contributed by atoms with Gasteiger partial charge in [-0.3, -0.25) is 0 Å². The number of hydrogen-bond donors (Lipinski definition) is 0. The average Bonchev–Trinajstić information content (AvgIpc) is 2.80. The van der Waals surface area contributed by atoms with E-state index in [-0.39, 0.29) is 5.75 Å². The SMILES string of the molecule is COc1cc(C2=CCCC2)cc(C(F)(F)F)c1. The first-order chi connectivity index (χ1) is 8.00. The van der Waals surface area contributed by atoms with Crippen LogP contribution in [0.1, 0.15) is 30.4 Å². The number of hydrogen-bond acceptors (Lipinski definition) is 1. The maximum atomic E-state index is 12.7. The van der Waals surface area contributed by atoms with Crippen LogP contribution < -0.4 is 4.74 Å². The standard InChI is InChI=1S/C13H13F3O/c1-17-12-7-10(9-4-2-3-5-9)6-11(8-12)13(14,15)16/h4,6-8H,2-3,5H2,1H3. The van der Waals surface area contributed by atoms with Gasteiger partial charge in [-0.2, -0.15) is 13.2 Å². The van der Waals surface area contributed by atoms with Gasteiger partial charge in [0.15, 0.2) is 0 Å². The van der Waals surface area contributed by atoms with Crippen LogP contribution in [0.4, 0.5) is 13.2 Å². The van der Waals surface area contributed by atoms with Crippen molar-refractivity contribution in [2.24, 2.45) is 0 Å². The van der Waals surface area contributed by atoms with E-state index in [1.54, 1.807) is 6.07 Å². The second-order valence-corrected chi connectivity index (χ2v) is 4.07. The topological polar surface area (TPSA) is 9.23 Å². The third kappa shape index (κ3) is 2.62. The fraction of sp³-hybridized carbons (Fsp3) is 0.385. The molecular formula is C13H13F3O. The van der Waals surface area contributed by atoms with Crippen LogP contribution in [0.5, 0.6) is 5.75 Å². The summed E-state index contributed by atoms with van der Waals surface area (Å²) in [6, 6.07) is 3.88. The number of ether oxygens (including phenoxy) is 1. The predicted molar refractivity (Wildman–Crippen MR) is 59.8 cm³/mol. The Hall–Kier alpha value is -1.45. The third-order valence-electron chi connectivity index (χ3n) is 2.88. The Labute approximate surface area is 97.9 Å². The Morgan fingerprint density at radius 1 is 1.18 bits per heavy atom. The zero-order valence-corrected chi connectivity index (χ0v) is 9.47. The van der Waals surface area contributed by atoms with Crippen LogP contribution in [-0.4, -0.2) is 7.11 Å². The summed E-state index contributed by atoms with van der Waals surface area (Å²) < 4.78 is 43.0. The highest BCUT2D eigenvalue weighted by Crippen LogP contribution is 2.36. The van der Waals surface area contributed by atoms with Gasteiger partial charge in [-0.05, 0) is 48.6 Å². The van der Waals surface area contributed by atoms with Gasteiger partial charge in [-0.25, -0.2) is 0 Å². The molecule has 0 spiro atoms. The van der Waals surface area contributed by atoms with E-state index in [4.69, 9.17) is 4.74 Å². The molecule has 1 nitrogen and oxygen atoms in total. The molecule has 1 aromatic carbocycles. The number of allylic oxidation sites excluding steroid dienone is 2. The molecule has 0 unspecified atom stereocenters. The second kappa shape index (κ2) is 4.43. The molecule has 0 amide bonds. The summed E-state index contributed by atoms with van der Waals surface area (Å²) >= 11 is 0.